The average Bonchev–Trinajstić information content (AvgIpc) is 3.73. The molecule has 2 aliphatic rings. The summed E-state index contributed by atoms with van der Waals surface area (Å²) in [6, 6.07) is 26.4. The van der Waals surface area contributed by atoms with Gasteiger partial charge < -0.3 is 19.8 Å². The van der Waals surface area contributed by atoms with Crippen molar-refractivity contribution in [2.75, 3.05) is 26.2 Å². The Hall–Kier alpha value is -3.08. The van der Waals surface area contributed by atoms with Gasteiger partial charge >= 0.3 is 0 Å². The minimum Gasteiger partial charge on any atom is -0.508 e. The molecule has 1 atom stereocenters. The van der Waals surface area contributed by atoms with Crippen molar-refractivity contribution >= 4 is 11.1 Å². The number of β-amino-alcohol motifs (C(OH)–C–C–N with tert-alkyl or cyclic N) is 1. The molecule has 1 heterocycles. The highest BCUT2D eigenvalue weighted by Crippen LogP contribution is 2.47. The van der Waals surface area contributed by atoms with Gasteiger partial charge in [0.15, 0.2) is 0 Å². The van der Waals surface area contributed by atoms with E-state index < -0.39 is 6.10 Å². The van der Waals surface area contributed by atoms with Crippen molar-refractivity contribution in [1.29, 1.82) is 0 Å². The van der Waals surface area contributed by atoms with Gasteiger partial charge in [-0.3, -0.25) is 0 Å². The molecule has 1 saturated carbocycles. The second-order valence-electron chi connectivity index (χ2n) is 9.83. The van der Waals surface area contributed by atoms with Crippen LogP contribution in [0.1, 0.15) is 48.8 Å². The molecule has 182 valence electrons. The third-order valence-corrected chi connectivity index (χ3v) is 7.00. The van der Waals surface area contributed by atoms with E-state index in [2.05, 4.69) is 47.4 Å². The predicted octanol–water partition coefficient (Wildman–Crippen LogP) is 5.99. The van der Waals surface area contributed by atoms with Crippen molar-refractivity contribution < 1.29 is 14.9 Å². The highest BCUT2D eigenvalue weighted by molar-refractivity contribution is 6.00. The molecule has 0 amide bonds. The van der Waals surface area contributed by atoms with Crippen molar-refractivity contribution in [2.45, 2.75) is 38.2 Å². The summed E-state index contributed by atoms with van der Waals surface area (Å²) < 4.78 is 5.94. The molecule has 1 unspecified atom stereocenters. The molecular formula is C31H35NO3. The number of benzene rings is 3. The van der Waals surface area contributed by atoms with E-state index in [4.69, 9.17) is 4.74 Å². The molecule has 0 spiro atoms. The van der Waals surface area contributed by atoms with Crippen LogP contribution in [-0.4, -0.2) is 47.5 Å². The fourth-order valence-corrected chi connectivity index (χ4v) is 5.08. The minimum absolute atomic E-state index is 0.271. The van der Waals surface area contributed by atoms with Crippen LogP contribution in [-0.2, 0) is 0 Å². The number of phenolic OH excluding ortho intramolecular Hbond substituents is 1. The van der Waals surface area contributed by atoms with Crippen LogP contribution in [0.5, 0.6) is 11.5 Å². The van der Waals surface area contributed by atoms with E-state index in [-0.39, 0.29) is 5.75 Å². The van der Waals surface area contributed by atoms with Gasteiger partial charge in [-0.15, -0.1) is 0 Å². The number of aliphatic hydroxyl groups is 1. The smallest absolute Gasteiger partial charge is 0.119 e. The molecule has 3 aromatic carbocycles. The van der Waals surface area contributed by atoms with Gasteiger partial charge in [-0.2, -0.15) is 0 Å². The van der Waals surface area contributed by atoms with Crippen molar-refractivity contribution in [3.63, 3.8) is 0 Å². The fraction of sp³-hybridized carbons (Fsp3) is 0.355. The maximum Gasteiger partial charge on any atom is 0.119 e. The van der Waals surface area contributed by atoms with Crippen LogP contribution in [0.4, 0.5) is 0 Å². The Bertz CT molecular complexity index is 1110. The molecule has 0 aromatic heterocycles. The number of likely N-dealkylation sites (tertiary alicyclic amines) is 1. The number of aliphatic hydroxyl groups excluding tert-OH is 1. The highest BCUT2D eigenvalue weighted by atomic mass is 16.5. The van der Waals surface area contributed by atoms with Crippen LogP contribution >= 0.6 is 0 Å². The Balaban J connectivity index is 1.38. The summed E-state index contributed by atoms with van der Waals surface area (Å²) >= 11 is 0. The fourth-order valence-electron chi connectivity index (χ4n) is 5.08. The number of rotatable bonds is 9. The maximum absolute atomic E-state index is 10.4. The molecule has 1 aliphatic heterocycles. The molecular weight excluding hydrogens is 434 g/mol. The first-order chi connectivity index (χ1) is 17.2. The van der Waals surface area contributed by atoms with Crippen LogP contribution in [0, 0.1) is 5.92 Å². The molecule has 5 rings (SSSR count). The Morgan fingerprint density at radius 3 is 2.06 bits per heavy atom. The normalized spacial score (nSPS) is 18.1. The third kappa shape index (κ3) is 6.14. The SMILES string of the molecule is Oc1ccc(/C(=C(\c2ccccc2)C2CC2)c2ccc(OCC(O)CN3CCCCC3)cc2)cc1. The van der Waals surface area contributed by atoms with Gasteiger partial charge in [-0.25, -0.2) is 0 Å². The van der Waals surface area contributed by atoms with Crippen molar-refractivity contribution in [1.82, 2.24) is 4.90 Å². The zero-order valence-electron chi connectivity index (χ0n) is 20.3. The quantitative estimate of drug-likeness (QED) is 0.378. The van der Waals surface area contributed by atoms with E-state index in [1.54, 1.807) is 12.1 Å². The summed E-state index contributed by atoms with van der Waals surface area (Å²) in [4.78, 5) is 2.33. The monoisotopic (exact) mass is 469 g/mol. The minimum atomic E-state index is -0.486. The molecule has 0 radical (unpaired) electrons. The molecule has 35 heavy (non-hydrogen) atoms. The van der Waals surface area contributed by atoms with E-state index in [1.807, 2.05) is 24.3 Å². The standard InChI is InChI=1S/C31H35NO3/c33-27-15-11-25(12-16-27)31(30(24-9-10-24)23-7-3-1-4-8-23)26-13-17-29(18-14-26)35-22-28(34)21-32-19-5-2-6-20-32/h1,3-4,7-8,11-18,24,28,33-34H,2,5-6,9-10,19-22H2/b31-30-. The second kappa shape index (κ2) is 11.1. The van der Waals surface area contributed by atoms with E-state index in [1.165, 1.54) is 48.8 Å². The number of allylic oxidation sites excluding steroid dienone is 1. The van der Waals surface area contributed by atoms with E-state index in [9.17, 15) is 10.2 Å². The average molecular weight is 470 g/mol. The number of nitrogens with zero attached hydrogens (tertiary/aromatic N) is 1. The van der Waals surface area contributed by atoms with Gasteiger partial charge in [0.25, 0.3) is 0 Å². The summed E-state index contributed by atoms with van der Waals surface area (Å²) in [6.45, 7) is 3.12. The topological polar surface area (TPSA) is 52.9 Å². The number of phenols is 1. The lowest BCUT2D eigenvalue weighted by atomic mass is 9.87. The zero-order valence-corrected chi connectivity index (χ0v) is 20.3. The van der Waals surface area contributed by atoms with Gasteiger partial charge in [0.1, 0.15) is 24.2 Å². The number of hydrogen-bond donors (Lipinski definition) is 2. The lowest BCUT2D eigenvalue weighted by molar-refractivity contribution is 0.0617. The molecule has 1 aliphatic carbocycles. The van der Waals surface area contributed by atoms with E-state index in [0.29, 0.717) is 19.1 Å². The molecule has 2 N–H and O–H groups in total. The Morgan fingerprint density at radius 1 is 0.800 bits per heavy atom. The number of ether oxygens (including phenoxy) is 1. The van der Waals surface area contributed by atoms with E-state index in [0.717, 1.165) is 30.0 Å². The first-order valence-corrected chi connectivity index (χ1v) is 12.9. The second-order valence-corrected chi connectivity index (χ2v) is 9.83. The molecule has 4 nitrogen and oxygen atoms in total. The van der Waals surface area contributed by atoms with Crippen LogP contribution in [0.3, 0.4) is 0 Å². The van der Waals surface area contributed by atoms with Crippen molar-refractivity contribution in [3.05, 3.63) is 95.6 Å². The van der Waals surface area contributed by atoms with E-state index >= 15 is 0 Å². The third-order valence-electron chi connectivity index (χ3n) is 7.00. The van der Waals surface area contributed by atoms with Crippen LogP contribution < -0.4 is 4.74 Å². The lowest BCUT2D eigenvalue weighted by Gasteiger charge is -2.28. The molecule has 2 fully saturated rings. The van der Waals surface area contributed by atoms with Gasteiger partial charge in [-0.05, 0) is 96.8 Å². The number of hydrogen-bond acceptors (Lipinski definition) is 4. The Labute approximate surface area is 208 Å². The van der Waals surface area contributed by atoms with Crippen molar-refractivity contribution in [3.8, 4) is 11.5 Å². The number of aromatic hydroxyl groups is 1. The summed E-state index contributed by atoms with van der Waals surface area (Å²) in [7, 11) is 0. The largest absolute Gasteiger partial charge is 0.508 e. The molecule has 1 saturated heterocycles. The van der Waals surface area contributed by atoms with Gasteiger partial charge in [-0.1, -0.05) is 61.0 Å². The van der Waals surface area contributed by atoms with Gasteiger partial charge in [0.05, 0.1) is 0 Å². The van der Waals surface area contributed by atoms with Crippen LogP contribution in [0.25, 0.3) is 11.1 Å². The first kappa shape index (κ1) is 23.7. The first-order valence-electron chi connectivity index (χ1n) is 12.9. The van der Waals surface area contributed by atoms with Crippen LogP contribution in [0.2, 0.25) is 0 Å². The number of piperidine rings is 1. The molecule has 0 bridgehead atoms. The Kier molecular flexibility index (Phi) is 7.51. The summed E-state index contributed by atoms with van der Waals surface area (Å²) in [5.41, 5.74) is 6.04. The summed E-state index contributed by atoms with van der Waals surface area (Å²) in [5, 5.41) is 20.3. The van der Waals surface area contributed by atoms with Gasteiger partial charge in [0.2, 0.25) is 0 Å². The Morgan fingerprint density at radius 2 is 1.43 bits per heavy atom. The molecule has 3 aromatic rings. The zero-order chi connectivity index (χ0) is 24.0. The highest BCUT2D eigenvalue weighted by Gasteiger charge is 2.30. The maximum atomic E-state index is 10.4. The van der Waals surface area contributed by atoms with Crippen LogP contribution in [0.15, 0.2) is 78.9 Å². The lowest BCUT2D eigenvalue weighted by Crippen LogP contribution is -2.38. The predicted molar refractivity (Wildman–Crippen MR) is 141 cm³/mol. The summed E-state index contributed by atoms with van der Waals surface area (Å²) in [5.74, 6) is 1.58. The molecule has 4 heteroatoms. The summed E-state index contributed by atoms with van der Waals surface area (Å²) in [6.07, 6.45) is 5.64. The van der Waals surface area contributed by atoms with Gasteiger partial charge in [0, 0.05) is 6.54 Å². The van der Waals surface area contributed by atoms with Crippen molar-refractivity contribution in [2.24, 2.45) is 5.92 Å².